The summed E-state index contributed by atoms with van der Waals surface area (Å²) < 4.78 is 28.4. The van der Waals surface area contributed by atoms with Gasteiger partial charge in [0.05, 0.1) is 16.1 Å². The van der Waals surface area contributed by atoms with Gasteiger partial charge in [0, 0.05) is 17.8 Å². The first-order valence-corrected chi connectivity index (χ1v) is 10.8. The van der Waals surface area contributed by atoms with Crippen molar-refractivity contribution in [3.05, 3.63) is 83.9 Å². The summed E-state index contributed by atoms with van der Waals surface area (Å²) in [6, 6.07) is 19.9. The lowest BCUT2D eigenvalue weighted by Gasteiger charge is -2.18. The largest absolute Gasteiger partial charge is 0.326 e. The van der Waals surface area contributed by atoms with Gasteiger partial charge < -0.3 is 10.6 Å². The fraction of sp³-hybridized carbons (Fsp3) is 0.0909. The summed E-state index contributed by atoms with van der Waals surface area (Å²) >= 11 is 0. The van der Waals surface area contributed by atoms with E-state index in [1.54, 1.807) is 54.6 Å². The molecule has 0 bridgehead atoms. The Kier molecular flexibility index (Phi) is 5.24. The van der Waals surface area contributed by atoms with Crippen molar-refractivity contribution in [3.63, 3.8) is 0 Å². The number of benzene rings is 3. The minimum atomic E-state index is -3.93. The van der Waals surface area contributed by atoms with Gasteiger partial charge in [-0.05, 0) is 54.4 Å². The third-order valence-corrected chi connectivity index (χ3v) is 6.09. The van der Waals surface area contributed by atoms with Crippen molar-refractivity contribution in [2.75, 3.05) is 15.4 Å². The molecule has 30 heavy (non-hydrogen) atoms. The second-order valence-corrected chi connectivity index (χ2v) is 8.52. The molecular weight excluding hydrogens is 402 g/mol. The van der Waals surface area contributed by atoms with E-state index in [0.717, 1.165) is 5.56 Å². The molecule has 0 atom stereocenters. The van der Waals surface area contributed by atoms with E-state index in [1.165, 1.54) is 12.1 Å². The number of fused-ring (bicyclic) bond motifs is 1. The summed E-state index contributed by atoms with van der Waals surface area (Å²) in [6.07, 6.45) is 0.785. The van der Waals surface area contributed by atoms with Crippen LogP contribution in [0.15, 0.2) is 77.7 Å². The van der Waals surface area contributed by atoms with Crippen molar-refractivity contribution < 1.29 is 18.0 Å². The summed E-state index contributed by atoms with van der Waals surface area (Å²) in [5.74, 6) is -0.512. The van der Waals surface area contributed by atoms with E-state index in [4.69, 9.17) is 0 Å². The quantitative estimate of drug-likeness (QED) is 0.585. The Hall–Kier alpha value is -3.65. The number of amides is 2. The van der Waals surface area contributed by atoms with Crippen LogP contribution in [-0.4, -0.2) is 20.2 Å². The molecule has 0 saturated carbocycles. The third kappa shape index (κ3) is 4.18. The van der Waals surface area contributed by atoms with Crippen molar-refractivity contribution in [2.24, 2.45) is 0 Å². The number of sulfonamides is 1. The number of para-hydroxylation sites is 2. The average molecular weight is 421 g/mol. The maximum Gasteiger partial charge on any atom is 0.261 e. The molecule has 3 aromatic carbocycles. The molecule has 152 valence electrons. The Morgan fingerprint density at radius 1 is 0.900 bits per heavy atom. The molecule has 0 fully saturated rings. The second kappa shape index (κ2) is 8.00. The molecule has 3 N–H and O–H groups in total. The van der Waals surface area contributed by atoms with Crippen LogP contribution in [0.1, 0.15) is 22.3 Å². The van der Waals surface area contributed by atoms with Crippen LogP contribution < -0.4 is 15.4 Å². The predicted molar refractivity (Wildman–Crippen MR) is 115 cm³/mol. The topological polar surface area (TPSA) is 104 Å². The van der Waals surface area contributed by atoms with Crippen LogP contribution in [0, 0.1) is 0 Å². The molecule has 0 aromatic heterocycles. The lowest BCUT2D eigenvalue weighted by atomic mass is 10.0. The van der Waals surface area contributed by atoms with Crippen molar-refractivity contribution in [2.45, 2.75) is 17.7 Å². The number of anilines is 3. The van der Waals surface area contributed by atoms with Crippen LogP contribution in [0.5, 0.6) is 0 Å². The predicted octanol–water partition coefficient (Wildman–Crippen LogP) is 3.62. The van der Waals surface area contributed by atoms with Gasteiger partial charge in [0.25, 0.3) is 15.9 Å². The Labute approximate surface area is 174 Å². The van der Waals surface area contributed by atoms with E-state index >= 15 is 0 Å². The van der Waals surface area contributed by atoms with Crippen LogP contribution >= 0.6 is 0 Å². The Bertz CT molecular complexity index is 1220. The molecule has 0 aliphatic carbocycles. The molecule has 8 heteroatoms. The molecule has 1 heterocycles. The maximum absolute atomic E-state index is 13.0. The number of carbonyl (C=O) groups excluding carboxylic acids is 2. The average Bonchev–Trinajstić information content (AvgIpc) is 2.74. The second-order valence-electron chi connectivity index (χ2n) is 6.84. The lowest BCUT2D eigenvalue weighted by molar-refractivity contribution is -0.116. The number of aryl methyl sites for hydroxylation is 1. The minimum absolute atomic E-state index is 0.0654. The van der Waals surface area contributed by atoms with Gasteiger partial charge >= 0.3 is 0 Å². The van der Waals surface area contributed by atoms with Crippen LogP contribution in [0.25, 0.3) is 0 Å². The zero-order valence-electron chi connectivity index (χ0n) is 15.9. The van der Waals surface area contributed by atoms with E-state index in [-0.39, 0.29) is 22.1 Å². The molecule has 0 saturated heterocycles. The fourth-order valence-electron chi connectivity index (χ4n) is 3.22. The Balaban J connectivity index is 1.60. The molecule has 0 radical (unpaired) electrons. The number of hydrogen-bond acceptors (Lipinski definition) is 4. The smallest absolute Gasteiger partial charge is 0.261 e. The highest BCUT2D eigenvalue weighted by Crippen LogP contribution is 2.27. The van der Waals surface area contributed by atoms with Crippen molar-refractivity contribution in [1.29, 1.82) is 0 Å². The first-order valence-electron chi connectivity index (χ1n) is 9.33. The van der Waals surface area contributed by atoms with E-state index in [2.05, 4.69) is 15.4 Å². The number of nitrogens with one attached hydrogen (secondary N) is 3. The maximum atomic E-state index is 13.0. The molecule has 1 aliphatic rings. The Morgan fingerprint density at radius 2 is 1.63 bits per heavy atom. The van der Waals surface area contributed by atoms with Crippen LogP contribution in [0.4, 0.5) is 17.1 Å². The highest BCUT2D eigenvalue weighted by atomic mass is 32.2. The molecule has 0 spiro atoms. The van der Waals surface area contributed by atoms with Crippen molar-refractivity contribution >= 4 is 38.9 Å². The molecule has 2 amide bonds. The summed E-state index contributed by atoms with van der Waals surface area (Å²) in [6.45, 7) is 0. The van der Waals surface area contributed by atoms with Crippen LogP contribution in [0.3, 0.4) is 0 Å². The summed E-state index contributed by atoms with van der Waals surface area (Å²) in [5.41, 5.74) is 2.37. The zero-order valence-corrected chi connectivity index (χ0v) is 16.7. The molecule has 7 nitrogen and oxygen atoms in total. The van der Waals surface area contributed by atoms with Gasteiger partial charge in [-0.1, -0.05) is 30.3 Å². The molecule has 3 aromatic rings. The number of hydrogen-bond donors (Lipinski definition) is 3. The van der Waals surface area contributed by atoms with Gasteiger partial charge in [0.2, 0.25) is 5.91 Å². The monoisotopic (exact) mass is 421 g/mol. The number of carbonyl (C=O) groups is 2. The van der Waals surface area contributed by atoms with Crippen molar-refractivity contribution in [3.8, 4) is 0 Å². The fourth-order valence-corrected chi connectivity index (χ4v) is 4.35. The molecule has 4 rings (SSSR count). The van der Waals surface area contributed by atoms with E-state index < -0.39 is 15.9 Å². The van der Waals surface area contributed by atoms with Gasteiger partial charge in [-0.2, -0.15) is 0 Å². The Morgan fingerprint density at radius 3 is 2.43 bits per heavy atom. The standard InChI is InChI=1S/C22H19N3O4S/c26-21-13-10-15-14-17(11-12-19(15)24-21)30(28,29)25-20-9-5-4-8-18(20)22(27)23-16-6-2-1-3-7-16/h1-9,11-12,14,25H,10,13H2,(H,23,27)(H,24,26). The van der Waals surface area contributed by atoms with Gasteiger partial charge in [-0.15, -0.1) is 0 Å². The zero-order chi connectivity index (χ0) is 21.1. The molecular formula is C22H19N3O4S. The van der Waals surface area contributed by atoms with Gasteiger partial charge in [-0.25, -0.2) is 8.42 Å². The SMILES string of the molecule is O=C1CCc2cc(S(=O)(=O)Nc3ccccc3C(=O)Nc3ccccc3)ccc2N1. The lowest BCUT2D eigenvalue weighted by Crippen LogP contribution is -2.21. The van der Waals surface area contributed by atoms with Gasteiger partial charge in [0.1, 0.15) is 0 Å². The van der Waals surface area contributed by atoms with E-state index in [9.17, 15) is 18.0 Å². The first kappa shape index (κ1) is 19.7. The highest BCUT2D eigenvalue weighted by Gasteiger charge is 2.22. The normalized spacial score (nSPS) is 13.1. The van der Waals surface area contributed by atoms with E-state index in [1.807, 2.05) is 6.07 Å². The van der Waals surface area contributed by atoms with Crippen molar-refractivity contribution in [1.82, 2.24) is 0 Å². The summed E-state index contributed by atoms with van der Waals surface area (Å²) in [7, 11) is -3.93. The van der Waals surface area contributed by atoms with Crippen LogP contribution in [0.2, 0.25) is 0 Å². The number of rotatable bonds is 5. The van der Waals surface area contributed by atoms with Crippen LogP contribution in [-0.2, 0) is 21.2 Å². The van der Waals surface area contributed by atoms with E-state index in [0.29, 0.717) is 24.2 Å². The van der Waals surface area contributed by atoms with Gasteiger partial charge in [0.15, 0.2) is 0 Å². The summed E-state index contributed by atoms with van der Waals surface area (Å²) in [5, 5.41) is 5.48. The molecule has 0 unspecified atom stereocenters. The highest BCUT2D eigenvalue weighted by molar-refractivity contribution is 7.92. The summed E-state index contributed by atoms with van der Waals surface area (Å²) in [4.78, 5) is 24.3. The van der Waals surface area contributed by atoms with Gasteiger partial charge in [-0.3, -0.25) is 14.3 Å². The first-order chi connectivity index (χ1) is 14.4. The third-order valence-electron chi connectivity index (χ3n) is 4.73. The molecule has 1 aliphatic heterocycles. The minimum Gasteiger partial charge on any atom is -0.326 e.